The SMILES string of the molecule is CC(C)CCCC(=O)N(CCO)Cc1ncc[nH]1. The van der Waals surface area contributed by atoms with Crippen LogP contribution in [0.2, 0.25) is 0 Å². The molecule has 1 amide bonds. The van der Waals surface area contributed by atoms with Gasteiger partial charge in [-0.3, -0.25) is 4.79 Å². The molecule has 0 unspecified atom stereocenters. The Balaban J connectivity index is 2.42. The summed E-state index contributed by atoms with van der Waals surface area (Å²) >= 11 is 0. The first-order chi connectivity index (χ1) is 8.63. The van der Waals surface area contributed by atoms with Gasteiger partial charge in [-0.05, 0) is 12.3 Å². The monoisotopic (exact) mass is 253 g/mol. The Morgan fingerprint density at radius 2 is 2.33 bits per heavy atom. The van der Waals surface area contributed by atoms with E-state index in [4.69, 9.17) is 5.11 Å². The molecule has 0 aromatic carbocycles. The molecule has 0 radical (unpaired) electrons. The zero-order chi connectivity index (χ0) is 13.4. The van der Waals surface area contributed by atoms with E-state index in [9.17, 15) is 4.79 Å². The number of carbonyl (C=O) groups excluding carboxylic acids is 1. The number of aromatic amines is 1. The molecule has 0 aliphatic carbocycles. The Hall–Kier alpha value is -1.36. The topological polar surface area (TPSA) is 69.2 Å². The van der Waals surface area contributed by atoms with Crippen molar-refractivity contribution in [2.45, 2.75) is 39.7 Å². The molecular formula is C13H23N3O2. The van der Waals surface area contributed by atoms with Crippen LogP contribution in [-0.2, 0) is 11.3 Å². The maximum Gasteiger partial charge on any atom is 0.223 e. The second kappa shape index (κ2) is 7.87. The molecule has 0 spiro atoms. The number of aliphatic hydroxyl groups excluding tert-OH is 1. The average Bonchev–Trinajstić information content (AvgIpc) is 2.80. The number of nitrogens with one attached hydrogen (secondary N) is 1. The van der Waals surface area contributed by atoms with Gasteiger partial charge in [0.05, 0.1) is 13.2 Å². The normalized spacial score (nSPS) is 10.9. The van der Waals surface area contributed by atoms with Crippen LogP contribution < -0.4 is 0 Å². The molecule has 0 aliphatic rings. The summed E-state index contributed by atoms with van der Waals surface area (Å²) in [4.78, 5) is 20.7. The summed E-state index contributed by atoms with van der Waals surface area (Å²) in [6.07, 6.45) is 5.89. The Morgan fingerprint density at radius 1 is 1.56 bits per heavy atom. The van der Waals surface area contributed by atoms with Crippen molar-refractivity contribution in [1.29, 1.82) is 0 Å². The van der Waals surface area contributed by atoms with Crippen molar-refractivity contribution in [2.24, 2.45) is 5.92 Å². The smallest absolute Gasteiger partial charge is 0.223 e. The third-order valence-electron chi connectivity index (χ3n) is 2.79. The van der Waals surface area contributed by atoms with Gasteiger partial charge < -0.3 is 15.0 Å². The standard InChI is InChI=1S/C13H23N3O2/c1-11(2)4-3-5-13(18)16(8-9-17)10-12-14-6-7-15-12/h6-7,11,17H,3-5,8-10H2,1-2H3,(H,14,15). The first kappa shape index (κ1) is 14.7. The molecule has 1 aromatic rings. The number of hydrogen-bond acceptors (Lipinski definition) is 3. The lowest BCUT2D eigenvalue weighted by Gasteiger charge is -2.20. The number of aromatic nitrogens is 2. The number of carbonyl (C=O) groups is 1. The predicted molar refractivity (Wildman–Crippen MR) is 69.8 cm³/mol. The molecule has 18 heavy (non-hydrogen) atoms. The van der Waals surface area contributed by atoms with Crippen LogP contribution in [0.1, 0.15) is 38.9 Å². The molecule has 2 N–H and O–H groups in total. The van der Waals surface area contributed by atoms with E-state index in [1.165, 1.54) is 0 Å². The van der Waals surface area contributed by atoms with Crippen molar-refractivity contribution in [1.82, 2.24) is 14.9 Å². The number of amides is 1. The molecule has 0 atom stereocenters. The third kappa shape index (κ3) is 5.31. The van der Waals surface area contributed by atoms with Crippen molar-refractivity contribution in [3.63, 3.8) is 0 Å². The predicted octanol–water partition coefficient (Wildman–Crippen LogP) is 1.56. The van der Waals surface area contributed by atoms with Gasteiger partial charge in [-0.25, -0.2) is 4.98 Å². The number of H-pyrrole nitrogens is 1. The van der Waals surface area contributed by atoms with Crippen LogP contribution in [0.5, 0.6) is 0 Å². The van der Waals surface area contributed by atoms with Crippen molar-refractivity contribution >= 4 is 5.91 Å². The van der Waals surface area contributed by atoms with E-state index in [-0.39, 0.29) is 12.5 Å². The van der Waals surface area contributed by atoms with Gasteiger partial charge in [-0.1, -0.05) is 20.3 Å². The molecule has 1 heterocycles. The number of aliphatic hydroxyl groups is 1. The largest absolute Gasteiger partial charge is 0.395 e. The van der Waals surface area contributed by atoms with Crippen molar-refractivity contribution < 1.29 is 9.90 Å². The molecule has 5 heteroatoms. The van der Waals surface area contributed by atoms with Crippen molar-refractivity contribution in [2.75, 3.05) is 13.2 Å². The fourth-order valence-corrected chi connectivity index (χ4v) is 1.80. The summed E-state index contributed by atoms with van der Waals surface area (Å²) in [5.74, 6) is 1.45. The Kier molecular flexibility index (Phi) is 6.43. The fourth-order valence-electron chi connectivity index (χ4n) is 1.80. The zero-order valence-electron chi connectivity index (χ0n) is 11.2. The maximum atomic E-state index is 12.0. The second-order valence-electron chi connectivity index (χ2n) is 4.86. The summed E-state index contributed by atoms with van der Waals surface area (Å²) in [5.41, 5.74) is 0. The highest BCUT2D eigenvalue weighted by molar-refractivity contribution is 5.76. The van der Waals surface area contributed by atoms with Gasteiger partial charge in [0.25, 0.3) is 0 Å². The minimum Gasteiger partial charge on any atom is -0.395 e. The number of hydrogen-bond donors (Lipinski definition) is 2. The van der Waals surface area contributed by atoms with Gasteiger partial charge in [-0.2, -0.15) is 0 Å². The van der Waals surface area contributed by atoms with E-state index < -0.39 is 0 Å². The Labute approximate surface area is 108 Å². The first-order valence-corrected chi connectivity index (χ1v) is 6.50. The third-order valence-corrected chi connectivity index (χ3v) is 2.79. The Bertz CT molecular complexity index is 336. The number of imidazole rings is 1. The molecule has 0 bridgehead atoms. The lowest BCUT2D eigenvalue weighted by atomic mass is 10.1. The van der Waals surface area contributed by atoms with E-state index in [1.807, 2.05) is 0 Å². The molecule has 1 aromatic heterocycles. The van der Waals surface area contributed by atoms with Gasteiger partial charge in [-0.15, -0.1) is 0 Å². The van der Waals surface area contributed by atoms with E-state index in [1.54, 1.807) is 17.3 Å². The molecule has 5 nitrogen and oxygen atoms in total. The lowest BCUT2D eigenvalue weighted by Crippen LogP contribution is -2.33. The maximum absolute atomic E-state index is 12.0. The van der Waals surface area contributed by atoms with Crippen molar-refractivity contribution in [3.8, 4) is 0 Å². The van der Waals surface area contributed by atoms with Crippen LogP contribution in [-0.4, -0.2) is 39.0 Å². The summed E-state index contributed by atoms with van der Waals surface area (Å²) in [6.45, 7) is 5.09. The van der Waals surface area contributed by atoms with Gasteiger partial charge in [0.1, 0.15) is 5.82 Å². The number of rotatable bonds is 8. The van der Waals surface area contributed by atoms with E-state index >= 15 is 0 Å². The van der Waals surface area contributed by atoms with Gasteiger partial charge in [0, 0.05) is 25.4 Å². The van der Waals surface area contributed by atoms with Gasteiger partial charge in [0.2, 0.25) is 5.91 Å². The summed E-state index contributed by atoms with van der Waals surface area (Å²) < 4.78 is 0. The number of nitrogens with zero attached hydrogens (tertiary/aromatic N) is 2. The molecule has 0 saturated heterocycles. The molecular weight excluding hydrogens is 230 g/mol. The Morgan fingerprint density at radius 3 is 2.89 bits per heavy atom. The van der Waals surface area contributed by atoms with E-state index in [0.717, 1.165) is 18.7 Å². The minimum atomic E-state index is -0.0172. The first-order valence-electron chi connectivity index (χ1n) is 6.50. The molecule has 0 saturated carbocycles. The molecule has 0 aliphatic heterocycles. The highest BCUT2D eigenvalue weighted by atomic mass is 16.3. The van der Waals surface area contributed by atoms with Crippen LogP contribution in [0.25, 0.3) is 0 Å². The lowest BCUT2D eigenvalue weighted by molar-refractivity contribution is -0.132. The quantitative estimate of drug-likeness (QED) is 0.738. The highest BCUT2D eigenvalue weighted by Crippen LogP contribution is 2.09. The summed E-state index contributed by atoms with van der Waals surface area (Å²) in [6, 6.07) is 0. The van der Waals surface area contributed by atoms with Crippen LogP contribution in [0, 0.1) is 5.92 Å². The van der Waals surface area contributed by atoms with E-state index in [0.29, 0.717) is 25.4 Å². The molecule has 102 valence electrons. The highest BCUT2D eigenvalue weighted by Gasteiger charge is 2.14. The van der Waals surface area contributed by atoms with Crippen LogP contribution in [0.4, 0.5) is 0 Å². The minimum absolute atomic E-state index is 0.0172. The zero-order valence-corrected chi connectivity index (χ0v) is 11.2. The summed E-state index contributed by atoms with van der Waals surface area (Å²) in [7, 11) is 0. The summed E-state index contributed by atoms with van der Waals surface area (Å²) in [5, 5.41) is 9.00. The van der Waals surface area contributed by atoms with Gasteiger partial charge >= 0.3 is 0 Å². The van der Waals surface area contributed by atoms with Crippen LogP contribution in [0.3, 0.4) is 0 Å². The van der Waals surface area contributed by atoms with Gasteiger partial charge in [0.15, 0.2) is 0 Å². The van der Waals surface area contributed by atoms with E-state index in [2.05, 4.69) is 23.8 Å². The fraction of sp³-hybridized carbons (Fsp3) is 0.692. The van der Waals surface area contributed by atoms with Crippen molar-refractivity contribution in [3.05, 3.63) is 18.2 Å². The van der Waals surface area contributed by atoms with Crippen LogP contribution in [0.15, 0.2) is 12.4 Å². The average molecular weight is 253 g/mol. The van der Waals surface area contributed by atoms with Crippen LogP contribution >= 0.6 is 0 Å². The molecule has 1 rings (SSSR count). The molecule has 0 fully saturated rings. The second-order valence-corrected chi connectivity index (χ2v) is 4.86.